The predicted octanol–water partition coefficient (Wildman–Crippen LogP) is 3.76. The number of ketones is 1. The number of rotatable bonds is 2. The molecule has 1 aliphatic carbocycles. The maximum Gasteiger partial charge on any atom is 0.185 e. The number of Topliss-reactive ketones (excluding diaryl/α,β-unsaturated/α-hetero) is 1. The van der Waals surface area contributed by atoms with Gasteiger partial charge < -0.3 is 4.74 Å². The van der Waals surface area contributed by atoms with Gasteiger partial charge in [-0.1, -0.05) is 19.3 Å². The summed E-state index contributed by atoms with van der Waals surface area (Å²) in [5.41, 5.74) is 0.669. The third-order valence-corrected chi connectivity index (χ3v) is 5.27. The predicted molar refractivity (Wildman–Crippen MR) is 75.7 cm³/mol. The van der Waals surface area contributed by atoms with Gasteiger partial charge in [0.2, 0.25) is 0 Å². The Hall–Kier alpha value is -0.740. The zero-order valence-electron chi connectivity index (χ0n) is 11.5. The third-order valence-electron chi connectivity index (χ3n) is 4.50. The Kier molecular flexibility index (Phi) is 3.72. The van der Waals surface area contributed by atoms with E-state index in [1.54, 1.807) is 11.3 Å². The standard InChI is InChI=1S/C15H21NO2S/c1-11-16-13(10-19-11)14(17)12-5-8-18-15(9-12)6-3-2-4-7-15/h10,12H,2-9H2,1H3. The van der Waals surface area contributed by atoms with E-state index in [9.17, 15) is 4.79 Å². The van der Waals surface area contributed by atoms with Crippen LogP contribution < -0.4 is 0 Å². The van der Waals surface area contributed by atoms with Crippen LogP contribution in [0.1, 0.15) is 60.4 Å². The molecule has 0 aromatic carbocycles. The van der Waals surface area contributed by atoms with Crippen LogP contribution in [0.2, 0.25) is 0 Å². The quantitative estimate of drug-likeness (QED) is 0.774. The van der Waals surface area contributed by atoms with Crippen molar-refractivity contribution in [1.29, 1.82) is 0 Å². The lowest BCUT2D eigenvalue weighted by atomic mass is 9.75. The van der Waals surface area contributed by atoms with E-state index in [4.69, 9.17) is 4.74 Å². The van der Waals surface area contributed by atoms with E-state index in [0.717, 1.165) is 37.3 Å². The van der Waals surface area contributed by atoms with Gasteiger partial charge in [-0.2, -0.15) is 0 Å². The summed E-state index contributed by atoms with van der Waals surface area (Å²) in [7, 11) is 0. The molecule has 0 bridgehead atoms. The van der Waals surface area contributed by atoms with Gasteiger partial charge in [0.1, 0.15) is 5.69 Å². The molecule has 0 amide bonds. The van der Waals surface area contributed by atoms with Gasteiger partial charge in [-0.15, -0.1) is 11.3 Å². The number of carbonyl (C=O) groups excluding carboxylic acids is 1. The Morgan fingerprint density at radius 1 is 1.42 bits per heavy atom. The Bertz CT molecular complexity index is 457. The van der Waals surface area contributed by atoms with Crippen molar-refractivity contribution in [1.82, 2.24) is 4.98 Å². The fourth-order valence-corrected chi connectivity index (χ4v) is 4.08. The van der Waals surface area contributed by atoms with Crippen molar-refractivity contribution in [2.45, 2.75) is 57.5 Å². The largest absolute Gasteiger partial charge is 0.375 e. The highest BCUT2D eigenvalue weighted by atomic mass is 32.1. The van der Waals surface area contributed by atoms with Crippen LogP contribution in [0.25, 0.3) is 0 Å². The van der Waals surface area contributed by atoms with Crippen molar-refractivity contribution in [3.8, 4) is 0 Å². The highest BCUT2D eigenvalue weighted by Gasteiger charge is 2.41. The van der Waals surface area contributed by atoms with Gasteiger partial charge in [0.05, 0.1) is 10.6 Å². The molecule has 1 aromatic rings. The molecule has 3 nitrogen and oxygen atoms in total. The van der Waals surface area contributed by atoms with Crippen molar-refractivity contribution < 1.29 is 9.53 Å². The number of aromatic nitrogens is 1. The van der Waals surface area contributed by atoms with Crippen molar-refractivity contribution in [2.75, 3.05) is 6.61 Å². The van der Waals surface area contributed by atoms with Gasteiger partial charge >= 0.3 is 0 Å². The molecule has 19 heavy (non-hydrogen) atoms. The van der Waals surface area contributed by atoms with Crippen molar-refractivity contribution in [3.63, 3.8) is 0 Å². The molecule has 2 aliphatic rings. The first-order valence-corrected chi connectivity index (χ1v) is 8.17. The summed E-state index contributed by atoms with van der Waals surface area (Å²) in [6, 6.07) is 0. The molecule has 1 aromatic heterocycles. The molecule has 1 saturated heterocycles. The van der Waals surface area contributed by atoms with Crippen LogP contribution in [0.15, 0.2) is 5.38 Å². The molecule has 0 N–H and O–H groups in total. The first-order valence-electron chi connectivity index (χ1n) is 7.29. The molecule has 3 rings (SSSR count). The van der Waals surface area contributed by atoms with Crippen LogP contribution in [-0.4, -0.2) is 23.0 Å². The van der Waals surface area contributed by atoms with Crippen LogP contribution >= 0.6 is 11.3 Å². The highest BCUT2D eigenvalue weighted by Crippen LogP contribution is 2.41. The Labute approximate surface area is 118 Å². The molecule has 1 aliphatic heterocycles. The van der Waals surface area contributed by atoms with Crippen molar-refractivity contribution >= 4 is 17.1 Å². The maximum absolute atomic E-state index is 12.5. The minimum Gasteiger partial charge on any atom is -0.375 e. The van der Waals surface area contributed by atoms with Crippen LogP contribution in [0.4, 0.5) is 0 Å². The van der Waals surface area contributed by atoms with Crippen LogP contribution in [0.5, 0.6) is 0 Å². The number of carbonyl (C=O) groups is 1. The normalized spacial score (nSPS) is 26.5. The summed E-state index contributed by atoms with van der Waals surface area (Å²) in [5.74, 6) is 0.353. The highest BCUT2D eigenvalue weighted by molar-refractivity contribution is 7.09. The number of nitrogens with zero attached hydrogens (tertiary/aromatic N) is 1. The van der Waals surface area contributed by atoms with Gasteiger partial charge in [0.15, 0.2) is 5.78 Å². The van der Waals surface area contributed by atoms with Crippen molar-refractivity contribution in [3.05, 3.63) is 16.1 Å². The van der Waals surface area contributed by atoms with Crippen molar-refractivity contribution in [2.24, 2.45) is 5.92 Å². The first kappa shape index (κ1) is 13.3. The average Bonchev–Trinajstić information content (AvgIpc) is 2.85. The first-order chi connectivity index (χ1) is 9.19. The lowest BCUT2D eigenvalue weighted by molar-refractivity contribution is -0.111. The lowest BCUT2D eigenvalue weighted by Gasteiger charge is -2.43. The second-order valence-electron chi connectivity index (χ2n) is 5.90. The molecule has 1 atom stereocenters. The molecule has 2 heterocycles. The topological polar surface area (TPSA) is 39.2 Å². The monoisotopic (exact) mass is 279 g/mol. The van der Waals surface area contributed by atoms with E-state index in [-0.39, 0.29) is 17.3 Å². The second kappa shape index (κ2) is 5.33. The van der Waals surface area contributed by atoms with E-state index in [0.29, 0.717) is 5.69 Å². The molecule has 4 heteroatoms. The van der Waals surface area contributed by atoms with Gasteiger partial charge in [-0.3, -0.25) is 4.79 Å². The summed E-state index contributed by atoms with van der Waals surface area (Å²) in [6.45, 7) is 2.69. The summed E-state index contributed by atoms with van der Waals surface area (Å²) < 4.78 is 6.06. The zero-order valence-corrected chi connectivity index (χ0v) is 12.3. The summed E-state index contributed by atoms with van der Waals surface area (Å²) in [5, 5.41) is 2.88. The maximum atomic E-state index is 12.5. The number of hydrogen-bond donors (Lipinski definition) is 0. The number of hydrogen-bond acceptors (Lipinski definition) is 4. The fraction of sp³-hybridized carbons (Fsp3) is 0.733. The zero-order chi connectivity index (χ0) is 13.3. The molecule has 1 unspecified atom stereocenters. The number of aryl methyl sites for hydroxylation is 1. The SMILES string of the molecule is Cc1nc(C(=O)C2CCOC3(CCCCC3)C2)cs1. The van der Waals surface area contributed by atoms with E-state index < -0.39 is 0 Å². The van der Waals surface area contributed by atoms with Crippen LogP contribution in [0, 0.1) is 12.8 Å². The van der Waals surface area contributed by atoms with Gasteiger partial charge in [-0.25, -0.2) is 4.98 Å². The summed E-state index contributed by atoms with van der Waals surface area (Å²) >= 11 is 1.56. The molecular weight excluding hydrogens is 258 g/mol. The van der Waals surface area contributed by atoms with Gasteiger partial charge in [0.25, 0.3) is 0 Å². The van der Waals surface area contributed by atoms with Gasteiger partial charge in [0, 0.05) is 17.9 Å². The Morgan fingerprint density at radius 2 is 2.21 bits per heavy atom. The summed E-state index contributed by atoms with van der Waals surface area (Å²) in [4.78, 5) is 16.9. The fourth-order valence-electron chi connectivity index (χ4n) is 3.48. The summed E-state index contributed by atoms with van der Waals surface area (Å²) in [6.07, 6.45) is 7.84. The molecular formula is C15H21NO2S. The molecule has 1 saturated carbocycles. The molecule has 104 valence electrons. The van der Waals surface area contributed by atoms with E-state index in [1.807, 2.05) is 12.3 Å². The van der Waals surface area contributed by atoms with E-state index >= 15 is 0 Å². The van der Waals surface area contributed by atoms with E-state index in [1.165, 1.54) is 19.3 Å². The number of ether oxygens (including phenoxy) is 1. The Morgan fingerprint density at radius 3 is 2.89 bits per heavy atom. The minimum absolute atomic E-state index is 0.00188. The average molecular weight is 279 g/mol. The van der Waals surface area contributed by atoms with Crippen LogP contribution in [0.3, 0.4) is 0 Å². The molecule has 1 spiro atoms. The second-order valence-corrected chi connectivity index (χ2v) is 6.96. The minimum atomic E-state index is 0.00188. The van der Waals surface area contributed by atoms with Crippen LogP contribution in [-0.2, 0) is 4.74 Å². The Balaban J connectivity index is 1.72. The smallest absolute Gasteiger partial charge is 0.185 e. The van der Waals surface area contributed by atoms with Gasteiger partial charge in [-0.05, 0) is 32.6 Å². The lowest BCUT2D eigenvalue weighted by Crippen LogP contribution is -2.43. The molecule has 0 radical (unpaired) electrons. The molecule has 2 fully saturated rings. The van der Waals surface area contributed by atoms with E-state index in [2.05, 4.69) is 4.98 Å². The third kappa shape index (κ3) is 2.75. The number of thiazole rings is 1.